The molecular formula is C12H18BrNO2. The van der Waals surface area contributed by atoms with Gasteiger partial charge in [-0.05, 0) is 42.6 Å². The van der Waals surface area contributed by atoms with E-state index in [1.54, 1.807) is 12.1 Å². The Bertz CT molecular complexity index is 331. The molecule has 1 aromatic rings. The Kier molecular flexibility index (Phi) is 5.80. The van der Waals surface area contributed by atoms with Gasteiger partial charge < -0.3 is 15.5 Å². The topological polar surface area (TPSA) is 52.5 Å². The van der Waals surface area contributed by atoms with Gasteiger partial charge in [0.15, 0.2) is 0 Å². The van der Waals surface area contributed by atoms with Crippen molar-refractivity contribution < 1.29 is 10.2 Å². The number of hydrogen-bond donors (Lipinski definition) is 3. The Labute approximate surface area is 105 Å². The van der Waals surface area contributed by atoms with Crippen LogP contribution in [-0.4, -0.2) is 23.4 Å². The monoisotopic (exact) mass is 287 g/mol. The first-order valence-corrected chi connectivity index (χ1v) is 6.21. The van der Waals surface area contributed by atoms with Crippen LogP contribution in [0.15, 0.2) is 22.7 Å². The van der Waals surface area contributed by atoms with E-state index in [4.69, 9.17) is 5.11 Å². The van der Waals surface area contributed by atoms with Gasteiger partial charge in [-0.2, -0.15) is 0 Å². The maximum atomic E-state index is 9.35. The molecule has 0 aliphatic rings. The normalized spacial score (nSPS) is 12.7. The molecule has 0 amide bonds. The van der Waals surface area contributed by atoms with Crippen molar-refractivity contribution in [1.29, 1.82) is 0 Å². The second kappa shape index (κ2) is 6.89. The minimum absolute atomic E-state index is 0.235. The molecule has 0 fully saturated rings. The van der Waals surface area contributed by atoms with Gasteiger partial charge in [0.05, 0.1) is 0 Å². The quantitative estimate of drug-likeness (QED) is 0.752. The molecule has 0 heterocycles. The molecule has 1 unspecified atom stereocenters. The third-order valence-electron chi connectivity index (χ3n) is 2.46. The van der Waals surface area contributed by atoms with Crippen LogP contribution < -0.4 is 5.32 Å². The second-order valence-corrected chi connectivity index (χ2v) is 4.88. The van der Waals surface area contributed by atoms with E-state index >= 15 is 0 Å². The van der Waals surface area contributed by atoms with Crippen LogP contribution in [0.5, 0.6) is 5.75 Å². The molecule has 0 saturated carbocycles. The van der Waals surface area contributed by atoms with Gasteiger partial charge in [0, 0.05) is 17.6 Å². The molecule has 1 atom stereocenters. The number of phenolic OH excluding ortho intramolecular Hbond substituents is 1. The minimum atomic E-state index is 0.235. The SMILES string of the molecule is CC(CCO)CNCc1cc(O)ccc1Br. The van der Waals surface area contributed by atoms with Crippen molar-refractivity contribution in [3.63, 3.8) is 0 Å². The van der Waals surface area contributed by atoms with Gasteiger partial charge in [0.2, 0.25) is 0 Å². The highest BCUT2D eigenvalue weighted by atomic mass is 79.9. The lowest BCUT2D eigenvalue weighted by molar-refractivity contribution is 0.260. The van der Waals surface area contributed by atoms with E-state index in [-0.39, 0.29) is 12.4 Å². The summed E-state index contributed by atoms with van der Waals surface area (Å²) >= 11 is 3.44. The number of halogens is 1. The van der Waals surface area contributed by atoms with E-state index in [0.717, 1.165) is 23.0 Å². The van der Waals surface area contributed by atoms with Crippen molar-refractivity contribution in [2.24, 2.45) is 5.92 Å². The predicted octanol–water partition coefficient (Wildman–Crippen LogP) is 2.26. The fraction of sp³-hybridized carbons (Fsp3) is 0.500. The van der Waals surface area contributed by atoms with E-state index in [1.807, 2.05) is 6.07 Å². The van der Waals surface area contributed by atoms with E-state index < -0.39 is 0 Å². The Hall–Kier alpha value is -0.580. The zero-order chi connectivity index (χ0) is 12.0. The summed E-state index contributed by atoms with van der Waals surface area (Å²) in [4.78, 5) is 0. The molecule has 4 heteroatoms. The summed E-state index contributed by atoms with van der Waals surface area (Å²) in [6.45, 7) is 3.91. The lowest BCUT2D eigenvalue weighted by atomic mass is 10.1. The van der Waals surface area contributed by atoms with Gasteiger partial charge in [-0.25, -0.2) is 0 Å². The summed E-state index contributed by atoms with van der Waals surface area (Å²) in [6.07, 6.45) is 0.814. The molecule has 90 valence electrons. The van der Waals surface area contributed by atoms with Crippen LogP contribution in [0, 0.1) is 5.92 Å². The van der Waals surface area contributed by atoms with Crippen molar-refractivity contribution in [2.75, 3.05) is 13.2 Å². The van der Waals surface area contributed by atoms with Crippen LogP contribution >= 0.6 is 15.9 Å². The number of benzene rings is 1. The van der Waals surface area contributed by atoms with Crippen LogP contribution in [0.25, 0.3) is 0 Å². The summed E-state index contributed by atoms with van der Waals surface area (Å²) in [6, 6.07) is 5.24. The van der Waals surface area contributed by atoms with E-state index in [9.17, 15) is 5.11 Å². The van der Waals surface area contributed by atoms with Gasteiger partial charge in [-0.3, -0.25) is 0 Å². The van der Waals surface area contributed by atoms with Crippen molar-refractivity contribution >= 4 is 15.9 Å². The molecule has 3 N–H and O–H groups in total. The zero-order valence-corrected chi connectivity index (χ0v) is 11.0. The number of aliphatic hydroxyl groups excluding tert-OH is 1. The summed E-state index contributed by atoms with van der Waals surface area (Å²) in [7, 11) is 0. The van der Waals surface area contributed by atoms with Crippen LogP contribution in [0.2, 0.25) is 0 Å². The average molecular weight is 288 g/mol. The maximum Gasteiger partial charge on any atom is 0.115 e. The Morgan fingerprint density at radius 2 is 2.19 bits per heavy atom. The smallest absolute Gasteiger partial charge is 0.115 e. The molecule has 0 aromatic heterocycles. The summed E-state index contributed by atoms with van der Waals surface area (Å²) < 4.78 is 0.993. The largest absolute Gasteiger partial charge is 0.508 e. The molecule has 1 aromatic carbocycles. The average Bonchev–Trinajstić information content (AvgIpc) is 2.23. The molecule has 16 heavy (non-hydrogen) atoms. The van der Waals surface area contributed by atoms with Crippen LogP contribution in [0.3, 0.4) is 0 Å². The molecule has 0 aliphatic heterocycles. The summed E-state index contributed by atoms with van der Waals surface area (Å²) in [5, 5.41) is 21.4. The van der Waals surface area contributed by atoms with Gasteiger partial charge >= 0.3 is 0 Å². The molecule has 0 radical (unpaired) electrons. The zero-order valence-electron chi connectivity index (χ0n) is 9.41. The highest BCUT2D eigenvalue weighted by molar-refractivity contribution is 9.10. The van der Waals surface area contributed by atoms with Crippen LogP contribution in [0.1, 0.15) is 18.9 Å². The Morgan fingerprint density at radius 3 is 2.88 bits per heavy atom. The number of phenols is 1. The predicted molar refractivity (Wildman–Crippen MR) is 68.4 cm³/mol. The highest BCUT2D eigenvalue weighted by Gasteiger charge is 2.03. The van der Waals surface area contributed by atoms with Gasteiger partial charge in [0.1, 0.15) is 5.75 Å². The molecule has 0 aliphatic carbocycles. The highest BCUT2D eigenvalue weighted by Crippen LogP contribution is 2.21. The van der Waals surface area contributed by atoms with Crippen LogP contribution in [0.4, 0.5) is 0 Å². The van der Waals surface area contributed by atoms with Crippen molar-refractivity contribution in [1.82, 2.24) is 5.32 Å². The molecule has 1 rings (SSSR count). The first-order chi connectivity index (χ1) is 7.63. The summed E-state index contributed by atoms with van der Waals surface area (Å²) in [5.74, 6) is 0.740. The standard InChI is InChI=1S/C12H18BrNO2/c1-9(4-5-15)7-14-8-10-6-11(16)2-3-12(10)13/h2-3,6,9,14-16H,4-5,7-8H2,1H3. The number of nitrogens with one attached hydrogen (secondary N) is 1. The Balaban J connectivity index is 2.39. The number of aromatic hydroxyl groups is 1. The van der Waals surface area contributed by atoms with Gasteiger partial charge in [-0.1, -0.05) is 22.9 Å². The molecular weight excluding hydrogens is 270 g/mol. The third kappa shape index (κ3) is 4.51. The van der Waals surface area contributed by atoms with E-state index in [0.29, 0.717) is 12.5 Å². The first kappa shape index (κ1) is 13.5. The lowest BCUT2D eigenvalue weighted by Crippen LogP contribution is -2.21. The number of hydrogen-bond acceptors (Lipinski definition) is 3. The van der Waals surface area contributed by atoms with Gasteiger partial charge in [-0.15, -0.1) is 0 Å². The fourth-order valence-corrected chi connectivity index (χ4v) is 1.86. The fourth-order valence-electron chi connectivity index (χ4n) is 1.47. The molecule has 3 nitrogen and oxygen atoms in total. The van der Waals surface area contributed by atoms with Crippen molar-refractivity contribution in [3.8, 4) is 5.75 Å². The van der Waals surface area contributed by atoms with Gasteiger partial charge in [0.25, 0.3) is 0 Å². The Morgan fingerprint density at radius 1 is 1.44 bits per heavy atom. The van der Waals surface area contributed by atoms with Crippen molar-refractivity contribution in [2.45, 2.75) is 19.9 Å². The maximum absolute atomic E-state index is 9.35. The molecule has 0 bridgehead atoms. The molecule has 0 spiro atoms. The van der Waals surface area contributed by atoms with Crippen LogP contribution in [-0.2, 0) is 6.54 Å². The van der Waals surface area contributed by atoms with E-state index in [2.05, 4.69) is 28.2 Å². The second-order valence-electron chi connectivity index (χ2n) is 4.02. The lowest BCUT2D eigenvalue weighted by Gasteiger charge is -2.12. The summed E-state index contributed by atoms with van der Waals surface area (Å²) in [5.41, 5.74) is 1.04. The molecule has 0 saturated heterocycles. The minimum Gasteiger partial charge on any atom is -0.508 e. The number of rotatable bonds is 6. The number of aliphatic hydroxyl groups is 1. The first-order valence-electron chi connectivity index (χ1n) is 5.42. The van der Waals surface area contributed by atoms with E-state index in [1.165, 1.54) is 0 Å². The van der Waals surface area contributed by atoms with Crippen molar-refractivity contribution in [3.05, 3.63) is 28.2 Å². The third-order valence-corrected chi connectivity index (χ3v) is 3.23.